The summed E-state index contributed by atoms with van der Waals surface area (Å²) in [4.78, 5) is 17.9. The number of carbonyl (C=O) groups excluding carboxylic acids is 1. The number of hydrogen-bond acceptors (Lipinski definition) is 4. The van der Waals surface area contributed by atoms with Gasteiger partial charge in [0.05, 0.1) is 36.6 Å². The molecule has 6 heteroatoms. The predicted molar refractivity (Wildman–Crippen MR) is 80.5 cm³/mol. The van der Waals surface area contributed by atoms with Gasteiger partial charge in [0, 0.05) is 25.8 Å². The summed E-state index contributed by atoms with van der Waals surface area (Å²) in [6.07, 6.45) is 6.81. The molecule has 5 nitrogen and oxygen atoms in total. The van der Waals surface area contributed by atoms with E-state index in [-0.39, 0.29) is 23.2 Å². The van der Waals surface area contributed by atoms with Gasteiger partial charge in [0.1, 0.15) is 0 Å². The molecule has 1 saturated carbocycles. The summed E-state index contributed by atoms with van der Waals surface area (Å²) in [6, 6.07) is 1.43. The monoisotopic (exact) mass is 320 g/mol. The van der Waals surface area contributed by atoms with Crippen LogP contribution in [0.2, 0.25) is 0 Å². The maximum Gasteiger partial charge on any atom is 0.257 e. The van der Waals surface area contributed by atoms with Crippen LogP contribution in [0.25, 0.3) is 0 Å². The van der Waals surface area contributed by atoms with Crippen molar-refractivity contribution in [2.24, 2.45) is 5.92 Å². The second-order valence-electron chi connectivity index (χ2n) is 6.93. The Morgan fingerprint density at radius 2 is 2.39 bits per heavy atom. The zero-order valence-corrected chi connectivity index (χ0v) is 13.0. The van der Waals surface area contributed by atoms with Crippen LogP contribution in [0.15, 0.2) is 18.5 Å². The summed E-state index contributed by atoms with van der Waals surface area (Å²) in [7, 11) is 0. The first-order chi connectivity index (χ1) is 11.2. The van der Waals surface area contributed by atoms with E-state index in [9.17, 15) is 9.18 Å². The third-order valence-electron chi connectivity index (χ3n) is 5.05. The second-order valence-corrected chi connectivity index (χ2v) is 6.93. The van der Waals surface area contributed by atoms with Gasteiger partial charge in [0.15, 0.2) is 5.82 Å². The molecule has 3 heterocycles. The maximum absolute atomic E-state index is 13.7. The van der Waals surface area contributed by atoms with Gasteiger partial charge in [-0.05, 0) is 31.2 Å². The largest absolute Gasteiger partial charge is 0.375 e. The van der Waals surface area contributed by atoms with Crippen LogP contribution in [0, 0.1) is 11.7 Å². The van der Waals surface area contributed by atoms with Crippen molar-refractivity contribution in [3.63, 3.8) is 0 Å². The van der Waals surface area contributed by atoms with Crippen molar-refractivity contribution in [2.75, 3.05) is 26.3 Å². The number of carbonyl (C=O) groups is 1. The summed E-state index contributed by atoms with van der Waals surface area (Å²) in [5, 5.41) is 0. The number of amides is 1. The average Bonchev–Trinajstić information content (AvgIpc) is 3.17. The van der Waals surface area contributed by atoms with E-state index >= 15 is 0 Å². The zero-order chi connectivity index (χ0) is 15.9. The molecule has 2 aliphatic heterocycles. The SMILES string of the molecule is O=C(c1ccncc1F)N1CC[C@@]2(C[C@@H](OCC3CC3)CO2)C1. The number of hydrogen-bond donors (Lipinski definition) is 0. The number of nitrogens with zero attached hydrogens (tertiary/aromatic N) is 2. The minimum Gasteiger partial charge on any atom is -0.375 e. The van der Waals surface area contributed by atoms with E-state index in [0.717, 1.165) is 31.6 Å². The number of ether oxygens (including phenoxy) is 2. The van der Waals surface area contributed by atoms with Crippen LogP contribution in [0.4, 0.5) is 4.39 Å². The average molecular weight is 320 g/mol. The van der Waals surface area contributed by atoms with Crippen molar-refractivity contribution in [1.29, 1.82) is 0 Å². The van der Waals surface area contributed by atoms with Crippen molar-refractivity contribution in [3.05, 3.63) is 29.8 Å². The van der Waals surface area contributed by atoms with Gasteiger partial charge in [-0.3, -0.25) is 9.78 Å². The van der Waals surface area contributed by atoms with Gasteiger partial charge >= 0.3 is 0 Å². The fourth-order valence-electron chi connectivity index (χ4n) is 3.49. The van der Waals surface area contributed by atoms with Gasteiger partial charge in [-0.25, -0.2) is 4.39 Å². The first-order valence-electron chi connectivity index (χ1n) is 8.30. The fourth-order valence-corrected chi connectivity index (χ4v) is 3.49. The Morgan fingerprint density at radius 1 is 1.52 bits per heavy atom. The van der Waals surface area contributed by atoms with Gasteiger partial charge < -0.3 is 14.4 Å². The first-order valence-corrected chi connectivity index (χ1v) is 8.30. The molecule has 1 aromatic rings. The molecule has 23 heavy (non-hydrogen) atoms. The Morgan fingerprint density at radius 3 is 3.17 bits per heavy atom. The summed E-state index contributed by atoms with van der Waals surface area (Å²) in [5.74, 6) is -0.118. The van der Waals surface area contributed by atoms with Gasteiger partial charge in [-0.1, -0.05) is 0 Å². The number of rotatable bonds is 4. The van der Waals surface area contributed by atoms with Crippen LogP contribution >= 0.6 is 0 Å². The second kappa shape index (κ2) is 5.83. The Hall–Kier alpha value is -1.53. The van der Waals surface area contributed by atoms with Crippen LogP contribution in [0.3, 0.4) is 0 Å². The molecule has 2 saturated heterocycles. The van der Waals surface area contributed by atoms with E-state index < -0.39 is 5.82 Å². The molecule has 1 spiro atoms. The third-order valence-corrected chi connectivity index (χ3v) is 5.05. The van der Waals surface area contributed by atoms with Crippen molar-refractivity contribution in [1.82, 2.24) is 9.88 Å². The van der Waals surface area contributed by atoms with E-state index in [2.05, 4.69) is 4.98 Å². The smallest absolute Gasteiger partial charge is 0.257 e. The standard InChI is InChI=1S/C17H21FN2O3/c18-15-8-19-5-3-14(15)16(21)20-6-4-17(11-20)7-13(10-23-17)22-9-12-1-2-12/h3,5,8,12-13H,1-2,4,6-7,9-11H2/t13-,17-/m1/s1. The molecule has 1 aliphatic carbocycles. The van der Waals surface area contributed by atoms with Crippen LogP contribution in [0.1, 0.15) is 36.0 Å². The molecule has 2 atom stereocenters. The fraction of sp³-hybridized carbons (Fsp3) is 0.647. The summed E-state index contributed by atoms with van der Waals surface area (Å²) in [6.45, 7) is 2.53. The lowest BCUT2D eigenvalue weighted by molar-refractivity contribution is 0.00154. The van der Waals surface area contributed by atoms with Crippen LogP contribution in [-0.4, -0.2) is 53.8 Å². The Kier molecular flexibility index (Phi) is 3.81. The quantitative estimate of drug-likeness (QED) is 0.852. The highest BCUT2D eigenvalue weighted by Crippen LogP contribution is 2.38. The van der Waals surface area contributed by atoms with E-state index in [1.807, 2.05) is 0 Å². The zero-order valence-electron chi connectivity index (χ0n) is 13.0. The van der Waals surface area contributed by atoms with Crippen molar-refractivity contribution < 1.29 is 18.7 Å². The van der Waals surface area contributed by atoms with Gasteiger partial charge in [0.2, 0.25) is 0 Å². The number of likely N-dealkylation sites (tertiary alicyclic amines) is 1. The Bertz CT molecular complexity index is 607. The van der Waals surface area contributed by atoms with E-state index in [0.29, 0.717) is 19.7 Å². The lowest BCUT2D eigenvalue weighted by Crippen LogP contribution is -2.36. The molecule has 0 radical (unpaired) electrons. The lowest BCUT2D eigenvalue weighted by Gasteiger charge is -2.23. The number of pyridine rings is 1. The molecule has 1 aromatic heterocycles. The number of halogens is 1. The van der Waals surface area contributed by atoms with Crippen LogP contribution in [0.5, 0.6) is 0 Å². The molecular weight excluding hydrogens is 299 g/mol. The molecule has 3 aliphatic rings. The summed E-state index contributed by atoms with van der Waals surface area (Å²) in [5.41, 5.74) is -0.232. The Labute approximate surface area is 134 Å². The molecule has 0 bridgehead atoms. The van der Waals surface area contributed by atoms with Gasteiger partial charge in [-0.2, -0.15) is 0 Å². The predicted octanol–water partition coefficient (Wildman–Crippen LogP) is 2.02. The number of aromatic nitrogens is 1. The maximum atomic E-state index is 13.7. The molecule has 0 unspecified atom stereocenters. The molecule has 3 fully saturated rings. The third kappa shape index (κ3) is 3.10. The Balaban J connectivity index is 1.37. The molecule has 124 valence electrons. The van der Waals surface area contributed by atoms with Crippen LogP contribution in [-0.2, 0) is 9.47 Å². The van der Waals surface area contributed by atoms with E-state index in [4.69, 9.17) is 9.47 Å². The molecule has 4 rings (SSSR count). The van der Waals surface area contributed by atoms with E-state index in [1.165, 1.54) is 25.1 Å². The molecular formula is C17H21FN2O3. The molecule has 0 aromatic carbocycles. The molecule has 0 N–H and O–H groups in total. The topological polar surface area (TPSA) is 51.7 Å². The van der Waals surface area contributed by atoms with Crippen LogP contribution < -0.4 is 0 Å². The van der Waals surface area contributed by atoms with E-state index in [1.54, 1.807) is 4.90 Å². The van der Waals surface area contributed by atoms with Crippen molar-refractivity contribution in [3.8, 4) is 0 Å². The highest BCUT2D eigenvalue weighted by Gasteiger charge is 2.47. The highest BCUT2D eigenvalue weighted by molar-refractivity contribution is 5.94. The normalized spacial score (nSPS) is 30.3. The van der Waals surface area contributed by atoms with Crippen molar-refractivity contribution >= 4 is 5.91 Å². The molecule has 1 amide bonds. The van der Waals surface area contributed by atoms with Crippen molar-refractivity contribution in [2.45, 2.75) is 37.4 Å². The van der Waals surface area contributed by atoms with Gasteiger partial charge in [0.25, 0.3) is 5.91 Å². The minimum atomic E-state index is -0.573. The highest BCUT2D eigenvalue weighted by atomic mass is 19.1. The first kappa shape index (κ1) is 15.0. The lowest BCUT2D eigenvalue weighted by atomic mass is 9.98. The summed E-state index contributed by atoms with van der Waals surface area (Å²) >= 11 is 0. The minimum absolute atomic E-state index is 0.0802. The van der Waals surface area contributed by atoms with Gasteiger partial charge in [-0.15, -0.1) is 0 Å². The summed E-state index contributed by atoms with van der Waals surface area (Å²) < 4.78 is 25.6.